The van der Waals surface area contributed by atoms with Crippen molar-refractivity contribution in [2.45, 2.75) is 30.6 Å². The Kier molecular flexibility index (Phi) is 5.50. The van der Waals surface area contributed by atoms with Crippen molar-refractivity contribution in [3.8, 4) is 0 Å². The van der Waals surface area contributed by atoms with E-state index in [2.05, 4.69) is 9.71 Å². The molecule has 2 heterocycles. The van der Waals surface area contributed by atoms with Gasteiger partial charge in [0.2, 0.25) is 0 Å². The summed E-state index contributed by atoms with van der Waals surface area (Å²) in [6.07, 6.45) is 3.39. The summed E-state index contributed by atoms with van der Waals surface area (Å²) in [5.74, 6) is -0.0724. The van der Waals surface area contributed by atoms with E-state index in [1.807, 2.05) is 4.90 Å². The monoisotopic (exact) mass is 471 g/mol. The van der Waals surface area contributed by atoms with Crippen LogP contribution in [-0.2, 0) is 10.0 Å². The summed E-state index contributed by atoms with van der Waals surface area (Å²) in [7, 11) is -3.93. The van der Waals surface area contributed by atoms with E-state index >= 15 is 0 Å². The molecule has 0 bridgehead atoms. The molecule has 0 aromatic heterocycles. The molecular formula is C19H16Cl3N3O3S. The maximum atomic E-state index is 12.8. The van der Waals surface area contributed by atoms with Crippen molar-refractivity contribution < 1.29 is 13.2 Å². The zero-order valence-electron chi connectivity index (χ0n) is 15.1. The smallest absolute Gasteiger partial charge is 0.286 e. The molecule has 29 heavy (non-hydrogen) atoms. The molecule has 1 amide bonds. The Morgan fingerprint density at radius 1 is 1.07 bits per heavy atom. The number of carbonyl (C=O) groups is 1. The normalized spacial score (nSPS) is 17.6. The number of amides is 1. The number of hydrogen-bond acceptors (Lipinski definition) is 4. The van der Waals surface area contributed by atoms with Gasteiger partial charge < -0.3 is 10.2 Å². The summed E-state index contributed by atoms with van der Waals surface area (Å²) in [6, 6.07) is 7.60. The van der Waals surface area contributed by atoms with Crippen LogP contribution in [0.2, 0.25) is 15.1 Å². The van der Waals surface area contributed by atoms with E-state index in [0.717, 1.165) is 19.3 Å². The number of sulfonamides is 1. The van der Waals surface area contributed by atoms with Gasteiger partial charge >= 0.3 is 0 Å². The minimum atomic E-state index is -3.93. The Labute approximate surface area is 183 Å². The van der Waals surface area contributed by atoms with Crippen LogP contribution in [0, 0.1) is 0 Å². The fraction of sp³-hybridized carbons (Fsp3) is 0.263. The van der Waals surface area contributed by atoms with Gasteiger partial charge in [-0.05, 0) is 37.1 Å². The zero-order chi connectivity index (χ0) is 20.8. The molecule has 4 rings (SSSR count). The molecule has 1 fully saturated rings. The van der Waals surface area contributed by atoms with E-state index < -0.39 is 15.9 Å². The van der Waals surface area contributed by atoms with Crippen LogP contribution in [0.3, 0.4) is 0 Å². The van der Waals surface area contributed by atoms with Gasteiger partial charge in [0.05, 0.1) is 32.0 Å². The molecule has 1 saturated heterocycles. The maximum Gasteiger partial charge on any atom is 0.286 e. The SMILES string of the molecule is O=C(Nc1cccc(Cl)c1Cl)c1cc2c(cc1Cl)N1CCCCCC1=NS2(=O)=O. The summed E-state index contributed by atoms with van der Waals surface area (Å²) in [5.41, 5.74) is 0.770. The van der Waals surface area contributed by atoms with E-state index in [4.69, 9.17) is 34.8 Å². The van der Waals surface area contributed by atoms with Crippen LogP contribution in [0.25, 0.3) is 0 Å². The number of nitrogens with zero attached hydrogens (tertiary/aromatic N) is 2. The Hall–Kier alpha value is -1.80. The van der Waals surface area contributed by atoms with Crippen molar-refractivity contribution in [1.82, 2.24) is 0 Å². The van der Waals surface area contributed by atoms with Crippen molar-refractivity contribution >= 4 is 67.9 Å². The first-order valence-corrected chi connectivity index (χ1v) is 11.6. The molecule has 152 valence electrons. The molecule has 0 saturated carbocycles. The number of halogens is 3. The second-order valence-electron chi connectivity index (χ2n) is 6.80. The number of benzene rings is 2. The average molecular weight is 473 g/mol. The lowest BCUT2D eigenvalue weighted by Gasteiger charge is -2.30. The second-order valence-corrected chi connectivity index (χ2v) is 9.57. The second kappa shape index (κ2) is 7.80. The van der Waals surface area contributed by atoms with Gasteiger partial charge in [0.1, 0.15) is 10.7 Å². The third-order valence-electron chi connectivity index (χ3n) is 4.88. The van der Waals surface area contributed by atoms with E-state index in [9.17, 15) is 13.2 Å². The molecule has 2 aromatic carbocycles. The molecule has 10 heteroatoms. The summed E-state index contributed by atoms with van der Waals surface area (Å²) in [4.78, 5) is 14.6. The number of anilines is 2. The molecule has 2 aliphatic rings. The average Bonchev–Trinajstić information content (AvgIpc) is 2.89. The molecule has 2 aromatic rings. The minimum Gasteiger partial charge on any atom is -0.328 e. The van der Waals surface area contributed by atoms with Gasteiger partial charge in [-0.3, -0.25) is 4.79 Å². The summed E-state index contributed by atoms with van der Waals surface area (Å²) in [6.45, 7) is 0.654. The quantitative estimate of drug-likeness (QED) is 0.636. The first kappa shape index (κ1) is 20.5. The van der Waals surface area contributed by atoms with E-state index in [1.54, 1.807) is 18.2 Å². The number of rotatable bonds is 2. The Morgan fingerprint density at radius 2 is 1.86 bits per heavy atom. The highest BCUT2D eigenvalue weighted by Gasteiger charge is 2.33. The van der Waals surface area contributed by atoms with Crippen molar-refractivity contribution in [1.29, 1.82) is 0 Å². The molecule has 0 spiro atoms. The number of hydrogen-bond donors (Lipinski definition) is 1. The highest BCUT2D eigenvalue weighted by atomic mass is 35.5. The topological polar surface area (TPSA) is 78.8 Å². The zero-order valence-corrected chi connectivity index (χ0v) is 18.2. The Bertz CT molecular complexity index is 1150. The lowest BCUT2D eigenvalue weighted by Crippen LogP contribution is -2.35. The van der Waals surface area contributed by atoms with Crippen LogP contribution in [0.5, 0.6) is 0 Å². The highest BCUT2D eigenvalue weighted by molar-refractivity contribution is 7.90. The third-order valence-corrected chi connectivity index (χ3v) is 7.35. The van der Waals surface area contributed by atoms with Crippen LogP contribution in [0.15, 0.2) is 39.6 Å². The predicted octanol–water partition coefficient (Wildman–Crippen LogP) is 5.38. The number of fused-ring (bicyclic) bond motifs is 3. The number of carbonyl (C=O) groups excluding carboxylic acids is 1. The van der Waals surface area contributed by atoms with E-state index in [0.29, 0.717) is 30.2 Å². The molecule has 0 atom stereocenters. The van der Waals surface area contributed by atoms with Crippen molar-refractivity contribution in [3.63, 3.8) is 0 Å². The van der Waals surface area contributed by atoms with Crippen LogP contribution < -0.4 is 10.2 Å². The highest BCUT2D eigenvalue weighted by Crippen LogP contribution is 2.38. The molecule has 2 aliphatic heterocycles. The lowest BCUT2D eigenvalue weighted by molar-refractivity contribution is 0.102. The minimum absolute atomic E-state index is 0.0125. The van der Waals surface area contributed by atoms with Gasteiger partial charge in [0.15, 0.2) is 0 Å². The van der Waals surface area contributed by atoms with Gasteiger partial charge in [-0.15, -0.1) is 4.40 Å². The first-order valence-electron chi connectivity index (χ1n) is 8.98. The largest absolute Gasteiger partial charge is 0.328 e. The molecule has 0 radical (unpaired) electrons. The van der Waals surface area contributed by atoms with Crippen LogP contribution >= 0.6 is 34.8 Å². The Balaban J connectivity index is 1.75. The van der Waals surface area contributed by atoms with Gasteiger partial charge in [-0.25, -0.2) is 0 Å². The fourth-order valence-electron chi connectivity index (χ4n) is 3.46. The first-order chi connectivity index (χ1) is 13.8. The van der Waals surface area contributed by atoms with Crippen molar-refractivity contribution in [3.05, 3.63) is 51.0 Å². The van der Waals surface area contributed by atoms with Crippen molar-refractivity contribution in [2.24, 2.45) is 4.40 Å². The van der Waals surface area contributed by atoms with E-state index in [1.165, 1.54) is 12.1 Å². The summed E-state index contributed by atoms with van der Waals surface area (Å²) < 4.78 is 29.5. The molecule has 1 N–H and O–H groups in total. The molecule has 0 unspecified atom stereocenters. The predicted molar refractivity (Wildman–Crippen MR) is 116 cm³/mol. The Morgan fingerprint density at radius 3 is 2.66 bits per heavy atom. The summed E-state index contributed by atoms with van der Waals surface area (Å²) >= 11 is 18.5. The number of nitrogens with one attached hydrogen (secondary N) is 1. The van der Waals surface area contributed by atoms with Gasteiger partial charge in [-0.1, -0.05) is 47.3 Å². The van der Waals surface area contributed by atoms with Crippen LogP contribution in [0.4, 0.5) is 11.4 Å². The third kappa shape index (κ3) is 3.84. The van der Waals surface area contributed by atoms with Gasteiger partial charge in [-0.2, -0.15) is 8.42 Å². The van der Waals surface area contributed by atoms with Crippen LogP contribution in [-0.4, -0.2) is 26.7 Å². The molecule has 0 aliphatic carbocycles. The van der Waals surface area contributed by atoms with Crippen molar-refractivity contribution in [2.75, 3.05) is 16.8 Å². The lowest BCUT2D eigenvalue weighted by atomic mass is 10.1. The number of amidine groups is 1. The standard InChI is InChI=1S/C19H16Cl3N3O3S/c20-12-5-4-6-14(18(12)22)23-19(26)11-9-16-15(10-13(11)21)25-8-3-1-2-7-17(25)24-29(16,27)28/h4-6,9-10H,1-3,7-8H2,(H,23,26). The maximum absolute atomic E-state index is 12.8. The van der Waals surface area contributed by atoms with Gasteiger partial charge in [0, 0.05) is 13.0 Å². The molecule has 6 nitrogen and oxygen atoms in total. The fourth-order valence-corrected chi connectivity index (χ4v) is 5.32. The van der Waals surface area contributed by atoms with Gasteiger partial charge in [0.25, 0.3) is 15.9 Å². The summed E-state index contributed by atoms with van der Waals surface area (Å²) in [5, 5.41) is 3.23. The van der Waals surface area contributed by atoms with E-state index in [-0.39, 0.29) is 25.5 Å². The molecular weight excluding hydrogens is 457 g/mol. The van der Waals surface area contributed by atoms with Crippen LogP contribution in [0.1, 0.15) is 36.0 Å².